The summed E-state index contributed by atoms with van der Waals surface area (Å²) in [4.78, 5) is 23.1. The molecule has 1 amide bonds. The van der Waals surface area contributed by atoms with Gasteiger partial charge in [0.25, 0.3) is 5.91 Å². The lowest BCUT2D eigenvalue weighted by Crippen LogP contribution is -2.26. The van der Waals surface area contributed by atoms with Gasteiger partial charge >= 0.3 is 0 Å². The minimum absolute atomic E-state index is 0.161. The first-order valence-electron chi connectivity index (χ1n) is 5.44. The molecular formula is C12H11BrClN3OS. The maximum Gasteiger partial charge on any atom is 0.257 e. The molecule has 0 aliphatic carbocycles. The topological polar surface area (TPSA) is 46.1 Å². The molecule has 2 aromatic rings. The van der Waals surface area contributed by atoms with E-state index in [1.165, 1.54) is 11.3 Å². The Morgan fingerprint density at radius 3 is 2.89 bits per heavy atom. The van der Waals surface area contributed by atoms with E-state index in [1.54, 1.807) is 29.7 Å². The average Bonchev–Trinajstić information content (AvgIpc) is 2.77. The lowest BCUT2D eigenvalue weighted by atomic mass is 10.2. The van der Waals surface area contributed by atoms with Crippen LogP contribution in [0, 0.1) is 6.92 Å². The lowest BCUT2D eigenvalue weighted by molar-refractivity contribution is 0.0786. The summed E-state index contributed by atoms with van der Waals surface area (Å²) in [6.45, 7) is 2.44. The van der Waals surface area contributed by atoms with Gasteiger partial charge in [-0.2, -0.15) is 0 Å². The van der Waals surface area contributed by atoms with E-state index in [9.17, 15) is 4.79 Å². The van der Waals surface area contributed by atoms with Gasteiger partial charge in [0.1, 0.15) is 5.15 Å². The Morgan fingerprint density at radius 2 is 2.26 bits per heavy atom. The van der Waals surface area contributed by atoms with E-state index < -0.39 is 0 Å². The van der Waals surface area contributed by atoms with Gasteiger partial charge in [-0.15, -0.1) is 11.3 Å². The predicted molar refractivity (Wildman–Crippen MR) is 79.6 cm³/mol. The summed E-state index contributed by atoms with van der Waals surface area (Å²) < 4.78 is 0.725. The Balaban J connectivity index is 2.19. The third kappa shape index (κ3) is 3.32. The second-order valence-electron chi connectivity index (χ2n) is 4.01. The monoisotopic (exact) mass is 359 g/mol. The van der Waals surface area contributed by atoms with Crippen molar-refractivity contribution in [1.29, 1.82) is 0 Å². The predicted octanol–water partition coefficient (Wildman–Crippen LogP) is 3.53. The van der Waals surface area contributed by atoms with Gasteiger partial charge in [-0.05, 0) is 28.9 Å². The number of aromatic nitrogens is 2. The Morgan fingerprint density at radius 1 is 1.53 bits per heavy atom. The number of amides is 1. The van der Waals surface area contributed by atoms with Crippen LogP contribution in [0.5, 0.6) is 0 Å². The van der Waals surface area contributed by atoms with E-state index in [1.807, 2.05) is 6.92 Å². The number of carbonyl (C=O) groups is 1. The molecule has 0 radical (unpaired) electrons. The van der Waals surface area contributed by atoms with E-state index in [2.05, 4.69) is 25.9 Å². The number of rotatable bonds is 3. The first-order chi connectivity index (χ1) is 8.99. The maximum atomic E-state index is 12.3. The van der Waals surface area contributed by atoms with Gasteiger partial charge in [-0.1, -0.05) is 11.6 Å². The third-order valence-corrected chi connectivity index (χ3v) is 4.26. The van der Waals surface area contributed by atoms with Crippen LogP contribution in [0.2, 0.25) is 5.15 Å². The molecule has 0 atom stereocenters. The normalized spacial score (nSPS) is 10.5. The van der Waals surface area contributed by atoms with Gasteiger partial charge in [0.2, 0.25) is 0 Å². The van der Waals surface area contributed by atoms with Crippen LogP contribution >= 0.6 is 38.9 Å². The lowest BCUT2D eigenvalue weighted by Gasteiger charge is -2.17. The molecule has 0 bridgehead atoms. The number of hydrogen-bond donors (Lipinski definition) is 0. The van der Waals surface area contributed by atoms with Gasteiger partial charge in [0, 0.05) is 22.6 Å². The van der Waals surface area contributed by atoms with Crippen LogP contribution in [0.25, 0.3) is 0 Å². The number of hydrogen-bond acceptors (Lipinski definition) is 4. The summed E-state index contributed by atoms with van der Waals surface area (Å²) in [6, 6.07) is 1.67. The summed E-state index contributed by atoms with van der Waals surface area (Å²) >= 11 is 10.8. The number of halogens is 2. The first kappa shape index (κ1) is 14.4. The molecule has 0 saturated carbocycles. The van der Waals surface area contributed by atoms with Crippen LogP contribution in [0.3, 0.4) is 0 Å². The van der Waals surface area contributed by atoms with Crippen LogP contribution in [0.1, 0.15) is 20.9 Å². The molecule has 0 aliphatic rings. The van der Waals surface area contributed by atoms with E-state index in [-0.39, 0.29) is 11.1 Å². The molecule has 100 valence electrons. The molecule has 0 aromatic carbocycles. The van der Waals surface area contributed by atoms with Crippen molar-refractivity contribution in [3.8, 4) is 0 Å². The Hall–Kier alpha value is -0.980. The molecule has 0 spiro atoms. The zero-order valence-corrected chi connectivity index (χ0v) is 13.5. The highest BCUT2D eigenvalue weighted by molar-refractivity contribution is 9.10. The van der Waals surface area contributed by atoms with E-state index in [4.69, 9.17) is 11.6 Å². The first-order valence-corrected chi connectivity index (χ1v) is 7.49. The van der Waals surface area contributed by atoms with Crippen molar-refractivity contribution in [3.63, 3.8) is 0 Å². The van der Waals surface area contributed by atoms with Crippen LogP contribution in [-0.2, 0) is 6.54 Å². The summed E-state index contributed by atoms with van der Waals surface area (Å²) in [5.41, 5.74) is 3.11. The van der Waals surface area contributed by atoms with Crippen LogP contribution in [0.15, 0.2) is 22.2 Å². The number of pyridine rings is 1. The van der Waals surface area contributed by atoms with Crippen molar-refractivity contribution < 1.29 is 4.79 Å². The fraction of sp³-hybridized carbons (Fsp3) is 0.250. The molecule has 0 N–H and O–H groups in total. The Labute approximate surface area is 128 Å². The summed E-state index contributed by atoms with van der Waals surface area (Å²) in [7, 11) is 1.73. The fourth-order valence-corrected chi connectivity index (χ4v) is 2.89. The van der Waals surface area contributed by atoms with Crippen LogP contribution in [0.4, 0.5) is 0 Å². The molecule has 0 saturated heterocycles. The molecule has 2 heterocycles. The summed E-state index contributed by atoms with van der Waals surface area (Å²) in [5, 5.41) is 0.209. The van der Waals surface area contributed by atoms with Crippen LogP contribution in [-0.4, -0.2) is 27.8 Å². The van der Waals surface area contributed by atoms with Crippen molar-refractivity contribution in [3.05, 3.63) is 43.5 Å². The maximum absolute atomic E-state index is 12.3. The van der Waals surface area contributed by atoms with Crippen molar-refractivity contribution in [1.82, 2.24) is 14.9 Å². The van der Waals surface area contributed by atoms with Gasteiger partial charge in [0.15, 0.2) is 0 Å². The standard InChI is InChI=1S/C12H11BrClN3OS/c1-7-10(19-6-16-7)5-17(2)12(18)9-3-8(13)4-15-11(9)14/h3-4,6H,5H2,1-2H3. The van der Waals surface area contributed by atoms with Gasteiger partial charge in [-0.25, -0.2) is 9.97 Å². The molecule has 7 heteroatoms. The molecule has 0 unspecified atom stereocenters. The molecule has 2 aromatic heterocycles. The quantitative estimate of drug-likeness (QED) is 0.787. The van der Waals surface area contributed by atoms with Crippen molar-refractivity contribution in [2.45, 2.75) is 13.5 Å². The number of nitrogens with zero attached hydrogens (tertiary/aromatic N) is 3. The molecule has 0 aliphatic heterocycles. The second kappa shape index (κ2) is 5.98. The molecule has 19 heavy (non-hydrogen) atoms. The highest BCUT2D eigenvalue weighted by Crippen LogP contribution is 2.21. The Bertz CT molecular complexity index is 617. The zero-order chi connectivity index (χ0) is 14.0. The molecule has 0 fully saturated rings. The summed E-state index contributed by atoms with van der Waals surface area (Å²) in [5.74, 6) is -0.161. The molecule has 2 rings (SSSR count). The molecule has 4 nitrogen and oxygen atoms in total. The average molecular weight is 361 g/mol. The van der Waals surface area contributed by atoms with Gasteiger partial charge < -0.3 is 4.90 Å². The zero-order valence-electron chi connectivity index (χ0n) is 10.4. The van der Waals surface area contributed by atoms with E-state index in [0.29, 0.717) is 12.1 Å². The number of thiazole rings is 1. The highest BCUT2D eigenvalue weighted by Gasteiger charge is 2.18. The van der Waals surface area contributed by atoms with Crippen molar-refractivity contribution in [2.75, 3.05) is 7.05 Å². The number of aryl methyl sites for hydroxylation is 1. The minimum atomic E-state index is -0.161. The van der Waals surface area contributed by atoms with Gasteiger partial charge in [-0.3, -0.25) is 4.79 Å². The number of carbonyl (C=O) groups excluding carboxylic acids is 1. The Kier molecular flexibility index (Phi) is 4.54. The SMILES string of the molecule is Cc1ncsc1CN(C)C(=O)c1cc(Br)cnc1Cl. The third-order valence-electron chi connectivity index (χ3n) is 2.61. The van der Waals surface area contributed by atoms with Crippen molar-refractivity contribution in [2.24, 2.45) is 0 Å². The smallest absolute Gasteiger partial charge is 0.257 e. The van der Waals surface area contributed by atoms with E-state index >= 15 is 0 Å². The largest absolute Gasteiger partial charge is 0.336 e. The molecular weight excluding hydrogens is 350 g/mol. The second-order valence-corrected chi connectivity index (χ2v) is 6.23. The fourth-order valence-electron chi connectivity index (χ4n) is 1.54. The van der Waals surface area contributed by atoms with Crippen molar-refractivity contribution >= 4 is 44.8 Å². The minimum Gasteiger partial charge on any atom is -0.336 e. The van der Waals surface area contributed by atoms with Crippen LogP contribution < -0.4 is 0 Å². The van der Waals surface area contributed by atoms with Gasteiger partial charge in [0.05, 0.1) is 23.3 Å². The van der Waals surface area contributed by atoms with E-state index in [0.717, 1.165) is 15.0 Å². The summed E-state index contributed by atoms with van der Waals surface area (Å²) in [6.07, 6.45) is 1.56. The highest BCUT2D eigenvalue weighted by atomic mass is 79.9.